The summed E-state index contributed by atoms with van der Waals surface area (Å²) in [7, 11) is 2.08. The summed E-state index contributed by atoms with van der Waals surface area (Å²) in [5.74, 6) is -0.293. The molecule has 94 valence electrons. The van der Waals surface area contributed by atoms with Gasteiger partial charge in [-0.05, 0) is 38.1 Å². The minimum Gasteiger partial charge on any atom is -0.456 e. The first-order valence-electron chi connectivity index (χ1n) is 5.75. The van der Waals surface area contributed by atoms with Crippen molar-refractivity contribution in [3.8, 4) is 0 Å². The Balaban J connectivity index is 2.37. The van der Waals surface area contributed by atoms with Crippen LogP contribution in [-0.2, 0) is 4.74 Å². The first kappa shape index (κ1) is 14.0. The summed E-state index contributed by atoms with van der Waals surface area (Å²) in [5.41, 5.74) is 0.539. The van der Waals surface area contributed by atoms with Crippen LogP contribution in [0.1, 0.15) is 24.2 Å². The van der Waals surface area contributed by atoms with Crippen LogP contribution in [0.5, 0.6) is 0 Å². The van der Waals surface area contributed by atoms with Crippen molar-refractivity contribution >= 4 is 17.6 Å². The van der Waals surface area contributed by atoms with Crippen LogP contribution in [0, 0.1) is 0 Å². The molecule has 0 spiro atoms. The molecule has 0 saturated heterocycles. The Hall–Kier alpha value is -1.06. The van der Waals surface area contributed by atoms with E-state index in [1.165, 1.54) is 4.90 Å². The predicted molar refractivity (Wildman–Crippen MR) is 68.6 cm³/mol. The summed E-state index contributed by atoms with van der Waals surface area (Å²) in [4.78, 5) is 13.0. The number of esters is 1. The zero-order valence-electron chi connectivity index (χ0n) is 10.5. The maximum Gasteiger partial charge on any atom is 0.338 e. The maximum absolute atomic E-state index is 11.6. The van der Waals surface area contributed by atoms with E-state index in [9.17, 15) is 4.79 Å². The number of carbonyl (C=O) groups excluding carboxylic acids is 1. The summed E-state index contributed by atoms with van der Waals surface area (Å²) >= 11 is 5.74. The van der Waals surface area contributed by atoms with Gasteiger partial charge in [-0.3, -0.25) is 0 Å². The Morgan fingerprint density at radius 2 is 1.94 bits per heavy atom. The number of carbonyl (C=O) groups is 1. The molecule has 0 fully saturated rings. The van der Waals surface area contributed by atoms with Gasteiger partial charge in [0, 0.05) is 5.02 Å². The van der Waals surface area contributed by atoms with Gasteiger partial charge >= 0.3 is 5.97 Å². The number of ether oxygens (including phenoxy) is 1. The fraction of sp³-hybridized carbons (Fsp3) is 0.462. The van der Waals surface area contributed by atoms with E-state index in [0.29, 0.717) is 23.2 Å². The lowest BCUT2D eigenvalue weighted by molar-refractivity contribution is -0.901. The molecule has 0 bridgehead atoms. The molecule has 1 rings (SSSR count). The number of hydrogen-bond acceptors (Lipinski definition) is 2. The summed E-state index contributed by atoms with van der Waals surface area (Å²) in [5, 5.41) is 0.616. The van der Waals surface area contributed by atoms with Crippen molar-refractivity contribution in [2.75, 3.05) is 20.2 Å². The summed E-state index contributed by atoms with van der Waals surface area (Å²) < 4.78 is 5.19. The van der Waals surface area contributed by atoms with Crippen LogP contribution in [0.2, 0.25) is 5.02 Å². The van der Waals surface area contributed by atoms with E-state index < -0.39 is 0 Å². The summed E-state index contributed by atoms with van der Waals surface area (Å²) in [6.45, 7) is 5.52. The highest BCUT2D eigenvalue weighted by atomic mass is 35.5. The highest BCUT2D eigenvalue weighted by Gasteiger charge is 2.10. The van der Waals surface area contributed by atoms with E-state index in [1.54, 1.807) is 24.3 Å². The van der Waals surface area contributed by atoms with Crippen LogP contribution in [-0.4, -0.2) is 32.2 Å². The van der Waals surface area contributed by atoms with E-state index >= 15 is 0 Å². The molecule has 0 saturated carbocycles. The van der Waals surface area contributed by atoms with Crippen molar-refractivity contribution in [3.63, 3.8) is 0 Å². The number of likely N-dealkylation sites (N-methyl/N-ethyl adjacent to an activating group) is 1. The first-order valence-corrected chi connectivity index (χ1v) is 6.13. The normalized spacial score (nSPS) is 12.5. The van der Waals surface area contributed by atoms with Crippen LogP contribution in [0.3, 0.4) is 0 Å². The second-order valence-electron chi connectivity index (χ2n) is 4.39. The Kier molecular flexibility index (Phi) is 5.45. The Morgan fingerprint density at radius 1 is 1.35 bits per heavy atom. The topological polar surface area (TPSA) is 30.7 Å². The number of nitrogens with one attached hydrogen (secondary N) is 1. The Bertz CT molecular complexity index is 362. The summed E-state index contributed by atoms with van der Waals surface area (Å²) in [6.07, 6.45) is 0. The standard InChI is InChI=1S/C13H18ClNO2/c1-10(2)15(3)8-9-17-13(16)11-4-6-12(14)7-5-11/h4-7,10H,8-9H2,1-3H3/p+1. The fourth-order valence-corrected chi connectivity index (χ4v) is 1.39. The molecule has 1 N–H and O–H groups in total. The molecule has 1 aromatic carbocycles. The molecule has 0 aliphatic carbocycles. The van der Waals surface area contributed by atoms with Crippen molar-refractivity contribution in [3.05, 3.63) is 34.9 Å². The summed E-state index contributed by atoms with van der Waals surface area (Å²) in [6, 6.07) is 7.24. The highest BCUT2D eigenvalue weighted by molar-refractivity contribution is 6.30. The van der Waals surface area contributed by atoms with E-state index in [4.69, 9.17) is 16.3 Å². The van der Waals surface area contributed by atoms with E-state index in [1.807, 2.05) is 0 Å². The second kappa shape index (κ2) is 6.62. The SMILES string of the molecule is CC(C)[NH+](C)CCOC(=O)c1ccc(Cl)cc1. The molecule has 0 aromatic heterocycles. The van der Waals surface area contributed by atoms with Crippen molar-refractivity contribution in [1.29, 1.82) is 0 Å². The van der Waals surface area contributed by atoms with Gasteiger partial charge in [0.15, 0.2) is 0 Å². The van der Waals surface area contributed by atoms with Crippen LogP contribution >= 0.6 is 11.6 Å². The maximum atomic E-state index is 11.6. The van der Waals surface area contributed by atoms with Crippen molar-refractivity contribution in [1.82, 2.24) is 0 Å². The molecule has 1 aromatic rings. The number of quaternary nitrogens is 1. The second-order valence-corrected chi connectivity index (χ2v) is 4.83. The fourth-order valence-electron chi connectivity index (χ4n) is 1.26. The molecule has 17 heavy (non-hydrogen) atoms. The predicted octanol–water partition coefficient (Wildman–Crippen LogP) is 1.42. The molecule has 1 atom stereocenters. The van der Waals surface area contributed by atoms with Crippen LogP contribution in [0.4, 0.5) is 0 Å². The first-order chi connectivity index (χ1) is 8.00. The molecule has 0 aliphatic rings. The average Bonchev–Trinajstić information content (AvgIpc) is 2.29. The van der Waals surface area contributed by atoms with Gasteiger partial charge in [0.1, 0.15) is 13.2 Å². The van der Waals surface area contributed by atoms with Gasteiger partial charge in [-0.2, -0.15) is 0 Å². The van der Waals surface area contributed by atoms with Crippen LogP contribution in [0.25, 0.3) is 0 Å². The molecule has 3 nitrogen and oxygen atoms in total. The van der Waals surface area contributed by atoms with Gasteiger partial charge in [-0.15, -0.1) is 0 Å². The van der Waals surface area contributed by atoms with Gasteiger partial charge < -0.3 is 9.64 Å². The third kappa shape index (κ3) is 4.75. The molecular weight excluding hydrogens is 238 g/mol. The van der Waals surface area contributed by atoms with Gasteiger partial charge in [0.25, 0.3) is 0 Å². The lowest BCUT2D eigenvalue weighted by atomic mass is 10.2. The smallest absolute Gasteiger partial charge is 0.338 e. The zero-order valence-corrected chi connectivity index (χ0v) is 11.3. The van der Waals surface area contributed by atoms with Gasteiger partial charge in [-0.25, -0.2) is 4.79 Å². The van der Waals surface area contributed by atoms with Gasteiger partial charge in [0.2, 0.25) is 0 Å². The molecule has 0 aliphatic heterocycles. The number of benzene rings is 1. The van der Waals surface area contributed by atoms with Gasteiger partial charge in [-0.1, -0.05) is 11.6 Å². The Morgan fingerprint density at radius 3 is 2.47 bits per heavy atom. The molecule has 0 heterocycles. The third-order valence-corrected chi connectivity index (χ3v) is 3.05. The molecule has 0 amide bonds. The minimum atomic E-state index is -0.293. The number of rotatable bonds is 5. The molecule has 0 radical (unpaired) electrons. The minimum absolute atomic E-state index is 0.293. The van der Waals surface area contributed by atoms with E-state index in [0.717, 1.165) is 6.54 Å². The van der Waals surface area contributed by atoms with Crippen molar-refractivity contribution < 1.29 is 14.4 Å². The largest absolute Gasteiger partial charge is 0.456 e. The quantitative estimate of drug-likeness (QED) is 0.808. The number of halogens is 1. The Labute approximate surface area is 107 Å². The lowest BCUT2D eigenvalue weighted by Gasteiger charge is -2.17. The monoisotopic (exact) mass is 256 g/mol. The highest BCUT2D eigenvalue weighted by Crippen LogP contribution is 2.10. The molecule has 1 unspecified atom stereocenters. The zero-order chi connectivity index (χ0) is 12.8. The van der Waals surface area contributed by atoms with E-state index in [-0.39, 0.29) is 5.97 Å². The van der Waals surface area contributed by atoms with Crippen molar-refractivity contribution in [2.24, 2.45) is 0 Å². The third-order valence-electron chi connectivity index (χ3n) is 2.80. The molecular formula is C13H19ClNO2+. The van der Waals surface area contributed by atoms with E-state index in [2.05, 4.69) is 20.9 Å². The van der Waals surface area contributed by atoms with Crippen LogP contribution in [0.15, 0.2) is 24.3 Å². The average molecular weight is 257 g/mol. The number of hydrogen-bond donors (Lipinski definition) is 1. The lowest BCUT2D eigenvalue weighted by Crippen LogP contribution is -3.12. The van der Waals surface area contributed by atoms with Crippen molar-refractivity contribution in [2.45, 2.75) is 19.9 Å². The van der Waals surface area contributed by atoms with Gasteiger partial charge in [0.05, 0.1) is 18.7 Å². The van der Waals surface area contributed by atoms with Crippen LogP contribution < -0.4 is 4.90 Å². The molecule has 4 heteroatoms.